The van der Waals surface area contributed by atoms with Gasteiger partial charge >= 0.3 is 0 Å². The highest BCUT2D eigenvalue weighted by Crippen LogP contribution is 2.45. The lowest BCUT2D eigenvalue weighted by Crippen LogP contribution is -2.11. The lowest BCUT2D eigenvalue weighted by Gasteiger charge is -2.28. The van der Waals surface area contributed by atoms with E-state index >= 15 is 0 Å². The molecular weight excluding hydrogens is 773 g/mol. The summed E-state index contributed by atoms with van der Waals surface area (Å²) in [5.41, 5.74) is 16.3. The summed E-state index contributed by atoms with van der Waals surface area (Å²) in [4.78, 5) is 2.43. The molecule has 0 atom stereocenters. The van der Waals surface area contributed by atoms with E-state index in [0.29, 0.717) is 0 Å². The molecule has 0 unspecified atom stereocenters. The molecule has 12 aromatic rings. The maximum atomic E-state index is 2.43. The van der Waals surface area contributed by atoms with E-state index in [-0.39, 0.29) is 0 Å². The van der Waals surface area contributed by atoms with E-state index in [0.717, 1.165) is 28.3 Å². The molecule has 0 amide bonds. The number of nitrogens with zero attached hydrogens (tertiary/aromatic N) is 2. The van der Waals surface area contributed by atoms with Crippen molar-refractivity contribution in [1.29, 1.82) is 0 Å². The van der Waals surface area contributed by atoms with Crippen LogP contribution in [0.15, 0.2) is 255 Å². The molecule has 0 aliphatic heterocycles. The van der Waals surface area contributed by atoms with Crippen LogP contribution in [0.25, 0.3) is 93.5 Å². The van der Waals surface area contributed by atoms with E-state index in [4.69, 9.17) is 0 Å². The quantitative estimate of drug-likeness (QED) is 0.148. The van der Waals surface area contributed by atoms with Crippen LogP contribution in [0.3, 0.4) is 0 Å². The van der Waals surface area contributed by atoms with Crippen LogP contribution in [0.2, 0.25) is 0 Å². The van der Waals surface area contributed by atoms with Crippen LogP contribution in [-0.4, -0.2) is 4.57 Å². The van der Waals surface area contributed by atoms with Gasteiger partial charge in [-0.05, 0) is 121 Å². The van der Waals surface area contributed by atoms with Gasteiger partial charge in [0.1, 0.15) is 0 Å². The maximum Gasteiger partial charge on any atom is 0.0541 e. The molecule has 0 aliphatic carbocycles. The molecule has 0 saturated heterocycles. The van der Waals surface area contributed by atoms with E-state index in [9.17, 15) is 0 Å². The van der Waals surface area contributed by atoms with Gasteiger partial charge in [0.15, 0.2) is 0 Å². The van der Waals surface area contributed by atoms with Gasteiger partial charge in [0.05, 0.1) is 16.7 Å². The van der Waals surface area contributed by atoms with Gasteiger partial charge in [-0.25, -0.2) is 0 Å². The molecule has 1 aromatic heterocycles. The van der Waals surface area contributed by atoms with Crippen molar-refractivity contribution in [1.82, 2.24) is 4.57 Å². The number of benzene rings is 11. The Balaban J connectivity index is 1.03. The molecule has 0 spiro atoms. The Labute approximate surface area is 373 Å². The van der Waals surface area contributed by atoms with E-state index < -0.39 is 0 Å². The zero-order valence-corrected chi connectivity index (χ0v) is 35.1. The van der Waals surface area contributed by atoms with Crippen LogP contribution in [0, 0.1) is 0 Å². The van der Waals surface area contributed by atoms with Crippen molar-refractivity contribution in [3.63, 3.8) is 0 Å². The second kappa shape index (κ2) is 15.8. The molecular formula is C62H42N2. The second-order valence-corrected chi connectivity index (χ2v) is 16.5. The fourth-order valence-corrected chi connectivity index (χ4v) is 9.74. The largest absolute Gasteiger partial charge is 0.310 e. The topological polar surface area (TPSA) is 8.17 Å². The number of rotatable bonds is 8. The van der Waals surface area contributed by atoms with Gasteiger partial charge in [-0.1, -0.05) is 194 Å². The first-order valence-electron chi connectivity index (χ1n) is 22.0. The molecule has 12 rings (SSSR count). The summed E-state index contributed by atoms with van der Waals surface area (Å²) >= 11 is 0. The van der Waals surface area contributed by atoms with E-state index in [1.807, 2.05) is 0 Å². The third-order valence-electron chi connectivity index (χ3n) is 12.8. The van der Waals surface area contributed by atoms with Gasteiger partial charge < -0.3 is 9.47 Å². The fourth-order valence-electron chi connectivity index (χ4n) is 9.74. The SMILES string of the molecule is c1ccc(-c2cccc(N(c3ccc(-c4cc(-n5c6ccccc6c6ccccc65)ccc4-c4ccccc4)cc3)c3ccc(-c4ccc5ccccc5c4)c4ccccc34)c2)cc1. The molecule has 0 saturated carbocycles. The highest BCUT2D eigenvalue weighted by Gasteiger charge is 2.20. The Hall–Kier alpha value is -8.46. The average Bonchev–Trinajstić information content (AvgIpc) is 3.71. The Kier molecular flexibility index (Phi) is 9.20. The van der Waals surface area contributed by atoms with Gasteiger partial charge in [-0.2, -0.15) is 0 Å². The van der Waals surface area contributed by atoms with Crippen molar-refractivity contribution >= 4 is 60.4 Å². The minimum Gasteiger partial charge on any atom is -0.310 e. The third kappa shape index (κ3) is 6.52. The zero-order chi connectivity index (χ0) is 42.4. The highest BCUT2D eigenvalue weighted by molar-refractivity contribution is 6.10. The van der Waals surface area contributed by atoms with Gasteiger partial charge in [-0.3, -0.25) is 0 Å². The molecule has 64 heavy (non-hydrogen) atoms. The number of hydrogen-bond donors (Lipinski definition) is 0. The van der Waals surface area contributed by atoms with Crippen LogP contribution in [0.1, 0.15) is 0 Å². The summed E-state index contributed by atoms with van der Waals surface area (Å²) in [6, 6.07) is 92.8. The van der Waals surface area contributed by atoms with E-state index in [1.54, 1.807) is 0 Å². The maximum absolute atomic E-state index is 2.43. The van der Waals surface area contributed by atoms with Crippen LogP contribution < -0.4 is 4.90 Å². The minimum absolute atomic E-state index is 1.08. The van der Waals surface area contributed by atoms with Crippen molar-refractivity contribution < 1.29 is 0 Å². The number of aromatic nitrogens is 1. The number of hydrogen-bond acceptors (Lipinski definition) is 1. The first-order chi connectivity index (χ1) is 31.7. The second-order valence-electron chi connectivity index (χ2n) is 16.5. The van der Waals surface area contributed by atoms with Gasteiger partial charge in [0.25, 0.3) is 0 Å². The van der Waals surface area contributed by atoms with Crippen molar-refractivity contribution in [2.75, 3.05) is 4.90 Å². The first kappa shape index (κ1) is 37.3. The van der Waals surface area contributed by atoms with Crippen LogP contribution in [0.4, 0.5) is 17.1 Å². The zero-order valence-electron chi connectivity index (χ0n) is 35.1. The molecule has 0 N–H and O–H groups in total. The van der Waals surface area contributed by atoms with Gasteiger partial charge in [-0.15, -0.1) is 0 Å². The summed E-state index contributed by atoms with van der Waals surface area (Å²) in [5.74, 6) is 0. The minimum atomic E-state index is 1.08. The highest BCUT2D eigenvalue weighted by atomic mass is 15.1. The lowest BCUT2D eigenvalue weighted by molar-refractivity contribution is 1.18. The predicted molar refractivity (Wildman–Crippen MR) is 272 cm³/mol. The first-order valence-corrected chi connectivity index (χ1v) is 22.0. The van der Waals surface area contributed by atoms with Gasteiger partial charge in [0, 0.05) is 33.2 Å². The van der Waals surface area contributed by atoms with Crippen molar-refractivity contribution in [2.24, 2.45) is 0 Å². The molecule has 0 bridgehead atoms. The number of anilines is 3. The van der Waals surface area contributed by atoms with E-state index in [2.05, 4.69) is 264 Å². The Bertz CT molecular complexity index is 3610. The van der Waals surface area contributed by atoms with Crippen molar-refractivity contribution in [3.8, 4) is 50.2 Å². The standard InChI is InChI=1S/C62H42N2/c1-3-16-43(17-4-1)48-22-15-23-51(41-48)63(62-39-38-54(55-24-9-10-25-56(55)62)49-31-30-44-18-7-8-21-47(44)40-49)50-34-32-46(33-35-50)59-42-52(36-37-53(59)45-19-5-2-6-20-45)64-60-28-13-11-26-57(60)58-27-12-14-29-61(58)64/h1-42H. The predicted octanol–water partition coefficient (Wildman–Crippen LogP) is 17.2. The molecule has 1 heterocycles. The molecule has 11 aromatic carbocycles. The van der Waals surface area contributed by atoms with Crippen LogP contribution >= 0.6 is 0 Å². The Morgan fingerprint density at radius 3 is 1.56 bits per heavy atom. The normalized spacial score (nSPS) is 11.4. The summed E-state index contributed by atoms with van der Waals surface area (Å²) in [7, 11) is 0. The fraction of sp³-hybridized carbons (Fsp3) is 0. The summed E-state index contributed by atoms with van der Waals surface area (Å²) in [6.07, 6.45) is 0. The molecule has 2 nitrogen and oxygen atoms in total. The van der Waals surface area contributed by atoms with Crippen LogP contribution in [0.5, 0.6) is 0 Å². The van der Waals surface area contributed by atoms with Gasteiger partial charge in [0.2, 0.25) is 0 Å². The Morgan fingerprint density at radius 1 is 0.266 bits per heavy atom. The molecule has 0 aliphatic rings. The summed E-state index contributed by atoms with van der Waals surface area (Å²) < 4.78 is 2.41. The van der Waals surface area contributed by atoms with E-state index in [1.165, 1.54) is 82.3 Å². The monoisotopic (exact) mass is 814 g/mol. The number of fused-ring (bicyclic) bond motifs is 5. The summed E-state index contributed by atoms with van der Waals surface area (Å²) in [6.45, 7) is 0. The van der Waals surface area contributed by atoms with Crippen LogP contribution in [-0.2, 0) is 0 Å². The smallest absolute Gasteiger partial charge is 0.0541 e. The summed E-state index contributed by atoms with van der Waals surface area (Å²) in [5, 5.41) is 7.40. The molecule has 0 fully saturated rings. The Morgan fingerprint density at radius 2 is 0.828 bits per heavy atom. The van der Waals surface area contributed by atoms with Crippen molar-refractivity contribution in [3.05, 3.63) is 255 Å². The molecule has 300 valence electrons. The average molecular weight is 815 g/mol. The molecule has 2 heteroatoms. The third-order valence-corrected chi connectivity index (χ3v) is 12.8. The molecule has 0 radical (unpaired) electrons. The number of para-hydroxylation sites is 2. The van der Waals surface area contributed by atoms with Crippen molar-refractivity contribution in [2.45, 2.75) is 0 Å². The lowest BCUT2D eigenvalue weighted by atomic mass is 9.93.